The topological polar surface area (TPSA) is 29.1 Å². The standard InChI is InChI=1S/C6H10BrNO/c7-6-3-1-2-5(4-9)8-6/h4-6,8H,1-3H2. The van der Waals surface area contributed by atoms with Crippen molar-refractivity contribution in [1.29, 1.82) is 0 Å². The molecular weight excluding hydrogens is 182 g/mol. The summed E-state index contributed by atoms with van der Waals surface area (Å²) in [7, 11) is 0. The summed E-state index contributed by atoms with van der Waals surface area (Å²) >= 11 is 3.40. The van der Waals surface area contributed by atoms with Crippen molar-refractivity contribution in [2.24, 2.45) is 0 Å². The Bertz CT molecular complexity index is 107. The Kier molecular flexibility index (Phi) is 2.66. The van der Waals surface area contributed by atoms with Crippen molar-refractivity contribution in [2.45, 2.75) is 30.3 Å². The molecule has 0 aromatic rings. The van der Waals surface area contributed by atoms with Gasteiger partial charge in [0.2, 0.25) is 0 Å². The first kappa shape index (κ1) is 7.22. The molecule has 0 bridgehead atoms. The van der Waals surface area contributed by atoms with Crippen LogP contribution in [-0.4, -0.2) is 17.3 Å². The first-order chi connectivity index (χ1) is 4.33. The molecule has 0 radical (unpaired) electrons. The minimum Gasteiger partial charge on any atom is -0.302 e. The fraction of sp³-hybridized carbons (Fsp3) is 0.833. The van der Waals surface area contributed by atoms with E-state index < -0.39 is 0 Å². The monoisotopic (exact) mass is 191 g/mol. The number of carbonyl (C=O) groups excluding carboxylic acids is 1. The Morgan fingerprint density at radius 1 is 1.56 bits per heavy atom. The van der Waals surface area contributed by atoms with Gasteiger partial charge < -0.3 is 4.79 Å². The van der Waals surface area contributed by atoms with Gasteiger partial charge in [0.1, 0.15) is 6.29 Å². The van der Waals surface area contributed by atoms with Crippen LogP contribution in [0.1, 0.15) is 19.3 Å². The molecule has 1 aliphatic rings. The Hall–Kier alpha value is 0.110. The molecule has 0 spiro atoms. The molecule has 1 rings (SSSR count). The lowest BCUT2D eigenvalue weighted by Crippen LogP contribution is -2.39. The number of aldehydes is 1. The second kappa shape index (κ2) is 3.32. The molecular formula is C6H10BrNO. The Morgan fingerprint density at radius 3 is 2.78 bits per heavy atom. The fourth-order valence-corrected chi connectivity index (χ4v) is 1.69. The maximum absolute atomic E-state index is 10.2. The molecule has 2 atom stereocenters. The Balaban J connectivity index is 2.31. The van der Waals surface area contributed by atoms with Crippen LogP contribution in [0.4, 0.5) is 0 Å². The molecule has 9 heavy (non-hydrogen) atoms. The van der Waals surface area contributed by atoms with Crippen LogP contribution < -0.4 is 5.32 Å². The molecule has 0 saturated carbocycles. The summed E-state index contributed by atoms with van der Waals surface area (Å²) in [6.45, 7) is 0. The largest absolute Gasteiger partial charge is 0.302 e. The van der Waals surface area contributed by atoms with Crippen molar-refractivity contribution in [2.75, 3.05) is 0 Å². The van der Waals surface area contributed by atoms with Crippen LogP contribution in [0.25, 0.3) is 0 Å². The maximum Gasteiger partial charge on any atom is 0.136 e. The molecule has 1 aliphatic heterocycles. The maximum atomic E-state index is 10.2. The van der Waals surface area contributed by atoms with Gasteiger partial charge in [0.15, 0.2) is 0 Å². The molecule has 0 aromatic heterocycles. The van der Waals surface area contributed by atoms with Crippen LogP contribution in [0.5, 0.6) is 0 Å². The van der Waals surface area contributed by atoms with E-state index in [0.29, 0.717) is 4.95 Å². The van der Waals surface area contributed by atoms with Crippen molar-refractivity contribution in [3.8, 4) is 0 Å². The molecule has 1 N–H and O–H groups in total. The first-order valence-electron chi connectivity index (χ1n) is 3.18. The van der Waals surface area contributed by atoms with E-state index in [9.17, 15) is 4.79 Å². The number of halogens is 1. The van der Waals surface area contributed by atoms with E-state index in [1.54, 1.807) is 0 Å². The predicted molar refractivity (Wildman–Crippen MR) is 39.6 cm³/mol. The van der Waals surface area contributed by atoms with Crippen molar-refractivity contribution < 1.29 is 4.79 Å². The molecule has 1 fully saturated rings. The molecule has 0 aromatic carbocycles. The van der Waals surface area contributed by atoms with Crippen molar-refractivity contribution in [1.82, 2.24) is 5.32 Å². The van der Waals surface area contributed by atoms with Crippen LogP contribution in [0.3, 0.4) is 0 Å². The summed E-state index contributed by atoms with van der Waals surface area (Å²) in [5, 5.41) is 3.11. The molecule has 1 saturated heterocycles. The lowest BCUT2D eigenvalue weighted by molar-refractivity contribution is -0.110. The second-order valence-electron chi connectivity index (χ2n) is 2.31. The third kappa shape index (κ3) is 2.06. The van der Waals surface area contributed by atoms with Gasteiger partial charge in [-0.2, -0.15) is 0 Å². The quantitative estimate of drug-likeness (QED) is 0.382. The van der Waals surface area contributed by atoms with Gasteiger partial charge in [0, 0.05) is 0 Å². The van der Waals surface area contributed by atoms with E-state index in [1.165, 1.54) is 0 Å². The summed E-state index contributed by atoms with van der Waals surface area (Å²) < 4.78 is 0. The number of alkyl halides is 1. The van der Waals surface area contributed by atoms with E-state index in [1.807, 2.05) is 0 Å². The van der Waals surface area contributed by atoms with E-state index in [4.69, 9.17) is 0 Å². The summed E-state index contributed by atoms with van der Waals surface area (Å²) in [4.78, 5) is 10.6. The zero-order valence-corrected chi connectivity index (χ0v) is 6.73. The van der Waals surface area contributed by atoms with Gasteiger partial charge in [-0.05, 0) is 19.3 Å². The van der Waals surface area contributed by atoms with E-state index in [2.05, 4.69) is 21.2 Å². The van der Waals surface area contributed by atoms with E-state index in [-0.39, 0.29) is 6.04 Å². The minimum absolute atomic E-state index is 0.0862. The van der Waals surface area contributed by atoms with E-state index in [0.717, 1.165) is 25.5 Å². The predicted octanol–water partition coefficient (Wildman–Crippen LogP) is 1.05. The summed E-state index contributed by atoms with van der Waals surface area (Å²) in [5.74, 6) is 0. The average Bonchev–Trinajstić information content (AvgIpc) is 1.88. The van der Waals surface area contributed by atoms with Gasteiger partial charge in [-0.1, -0.05) is 15.9 Å². The molecule has 3 heteroatoms. The zero-order valence-electron chi connectivity index (χ0n) is 5.14. The number of nitrogens with one attached hydrogen (secondary N) is 1. The minimum atomic E-state index is 0.0862. The van der Waals surface area contributed by atoms with Crippen molar-refractivity contribution in [3.63, 3.8) is 0 Å². The van der Waals surface area contributed by atoms with Gasteiger partial charge in [-0.25, -0.2) is 0 Å². The van der Waals surface area contributed by atoms with E-state index >= 15 is 0 Å². The summed E-state index contributed by atoms with van der Waals surface area (Å²) in [6.07, 6.45) is 4.25. The van der Waals surface area contributed by atoms with Crippen LogP contribution >= 0.6 is 15.9 Å². The molecule has 0 aliphatic carbocycles. The summed E-state index contributed by atoms with van der Waals surface area (Å²) in [6, 6.07) is 0.0862. The Morgan fingerprint density at radius 2 is 2.33 bits per heavy atom. The van der Waals surface area contributed by atoms with Gasteiger partial charge in [-0.15, -0.1) is 0 Å². The average molecular weight is 192 g/mol. The van der Waals surface area contributed by atoms with Crippen LogP contribution in [0.2, 0.25) is 0 Å². The molecule has 52 valence electrons. The Labute approximate surface area is 63.1 Å². The molecule has 1 heterocycles. The number of hydrogen-bond acceptors (Lipinski definition) is 2. The van der Waals surface area contributed by atoms with Crippen molar-refractivity contribution >= 4 is 22.2 Å². The highest BCUT2D eigenvalue weighted by atomic mass is 79.9. The molecule has 2 unspecified atom stereocenters. The smallest absolute Gasteiger partial charge is 0.136 e. The first-order valence-corrected chi connectivity index (χ1v) is 4.10. The fourth-order valence-electron chi connectivity index (χ4n) is 1.02. The van der Waals surface area contributed by atoms with Gasteiger partial charge in [0.25, 0.3) is 0 Å². The SMILES string of the molecule is O=CC1CCCC(Br)N1. The third-order valence-corrected chi connectivity index (χ3v) is 2.25. The van der Waals surface area contributed by atoms with Crippen molar-refractivity contribution in [3.05, 3.63) is 0 Å². The molecule has 0 amide bonds. The number of rotatable bonds is 1. The van der Waals surface area contributed by atoms with Gasteiger partial charge in [-0.3, -0.25) is 5.32 Å². The zero-order chi connectivity index (χ0) is 6.69. The lowest BCUT2D eigenvalue weighted by Gasteiger charge is -2.22. The highest BCUT2D eigenvalue weighted by Gasteiger charge is 2.16. The van der Waals surface area contributed by atoms with Crippen LogP contribution in [0, 0.1) is 0 Å². The third-order valence-electron chi connectivity index (χ3n) is 1.53. The number of hydrogen-bond donors (Lipinski definition) is 1. The second-order valence-corrected chi connectivity index (χ2v) is 3.41. The lowest BCUT2D eigenvalue weighted by atomic mass is 10.1. The van der Waals surface area contributed by atoms with Crippen LogP contribution in [-0.2, 0) is 4.79 Å². The van der Waals surface area contributed by atoms with Crippen LogP contribution in [0.15, 0.2) is 0 Å². The van der Waals surface area contributed by atoms with Gasteiger partial charge in [0.05, 0.1) is 11.0 Å². The number of piperidine rings is 1. The normalized spacial score (nSPS) is 36.1. The molecule has 2 nitrogen and oxygen atoms in total. The highest BCUT2D eigenvalue weighted by Crippen LogP contribution is 2.14. The van der Waals surface area contributed by atoms with Gasteiger partial charge >= 0.3 is 0 Å². The summed E-state index contributed by atoms with van der Waals surface area (Å²) in [5.41, 5.74) is 0. The number of carbonyl (C=O) groups is 1. The highest BCUT2D eigenvalue weighted by molar-refractivity contribution is 9.09.